The van der Waals surface area contributed by atoms with Gasteiger partial charge in [0.15, 0.2) is 0 Å². The van der Waals surface area contributed by atoms with E-state index in [1.54, 1.807) is 6.26 Å². The summed E-state index contributed by atoms with van der Waals surface area (Å²) in [4.78, 5) is 4.50. The van der Waals surface area contributed by atoms with Crippen molar-refractivity contribution >= 4 is 5.82 Å². The van der Waals surface area contributed by atoms with Gasteiger partial charge in [0.25, 0.3) is 0 Å². The molecule has 0 radical (unpaired) electrons. The molecule has 2 rings (SSSR count). The van der Waals surface area contributed by atoms with Crippen molar-refractivity contribution in [2.24, 2.45) is 0 Å². The zero-order valence-electron chi connectivity index (χ0n) is 12.8. The van der Waals surface area contributed by atoms with E-state index in [1.165, 1.54) is 5.56 Å². The SMILES string of the molecule is CC(CCc1ccco1)Nc1ccc(C(C)(C)C)cn1. The lowest BCUT2D eigenvalue weighted by Crippen LogP contribution is -2.17. The molecule has 1 atom stereocenters. The van der Waals surface area contributed by atoms with Crippen molar-refractivity contribution in [1.29, 1.82) is 0 Å². The van der Waals surface area contributed by atoms with E-state index in [2.05, 4.69) is 50.1 Å². The Labute approximate surface area is 121 Å². The summed E-state index contributed by atoms with van der Waals surface area (Å²) in [6.45, 7) is 8.76. The molecular formula is C17H24N2O. The van der Waals surface area contributed by atoms with E-state index in [0.717, 1.165) is 24.4 Å². The van der Waals surface area contributed by atoms with Crippen LogP contribution in [0, 0.1) is 0 Å². The van der Waals surface area contributed by atoms with Gasteiger partial charge in [0.05, 0.1) is 6.26 Å². The van der Waals surface area contributed by atoms with Gasteiger partial charge in [-0.1, -0.05) is 26.8 Å². The minimum Gasteiger partial charge on any atom is -0.469 e. The monoisotopic (exact) mass is 272 g/mol. The van der Waals surface area contributed by atoms with Crippen molar-refractivity contribution in [3.8, 4) is 0 Å². The van der Waals surface area contributed by atoms with Gasteiger partial charge in [-0.2, -0.15) is 0 Å². The molecule has 0 fully saturated rings. The second kappa shape index (κ2) is 6.12. The predicted molar refractivity (Wildman–Crippen MR) is 83.1 cm³/mol. The number of nitrogens with one attached hydrogen (secondary N) is 1. The molecule has 3 nitrogen and oxygen atoms in total. The van der Waals surface area contributed by atoms with Crippen LogP contribution in [0.2, 0.25) is 0 Å². The summed E-state index contributed by atoms with van der Waals surface area (Å²) in [5, 5.41) is 3.43. The highest BCUT2D eigenvalue weighted by molar-refractivity contribution is 5.37. The molecule has 0 bridgehead atoms. The van der Waals surface area contributed by atoms with E-state index in [4.69, 9.17) is 4.42 Å². The quantitative estimate of drug-likeness (QED) is 0.876. The number of hydrogen-bond donors (Lipinski definition) is 1. The van der Waals surface area contributed by atoms with Gasteiger partial charge in [-0.25, -0.2) is 4.98 Å². The van der Waals surface area contributed by atoms with Gasteiger partial charge in [0, 0.05) is 18.7 Å². The van der Waals surface area contributed by atoms with Crippen molar-refractivity contribution < 1.29 is 4.42 Å². The number of pyridine rings is 1. The second-order valence-electron chi connectivity index (χ2n) is 6.35. The summed E-state index contributed by atoms with van der Waals surface area (Å²) in [6.07, 6.45) is 5.65. The third-order valence-corrected chi connectivity index (χ3v) is 3.43. The molecule has 2 aromatic heterocycles. The molecule has 2 aromatic rings. The highest BCUT2D eigenvalue weighted by Gasteiger charge is 2.14. The average Bonchev–Trinajstić information content (AvgIpc) is 2.89. The maximum absolute atomic E-state index is 5.34. The van der Waals surface area contributed by atoms with E-state index in [0.29, 0.717) is 6.04 Å². The van der Waals surface area contributed by atoms with E-state index >= 15 is 0 Å². The summed E-state index contributed by atoms with van der Waals surface area (Å²) in [5.74, 6) is 1.97. The first-order valence-corrected chi connectivity index (χ1v) is 7.20. The van der Waals surface area contributed by atoms with Crippen LogP contribution in [0.5, 0.6) is 0 Å². The molecule has 0 amide bonds. The number of furan rings is 1. The molecule has 0 aliphatic heterocycles. The minimum absolute atomic E-state index is 0.149. The van der Waals surface area contributed by atoms with Crippen LogP contribution < -0.4 is 5.32 Å². The van der Waals surface area contributed by atoms with E-state index in [1.807, 2.05) is 18.3 Å². The molecule has 0 spiro atoms. The maximum atomic E-state index is 5.34. The Hall–Kier alpha value is -1.77. The third kappa shape index (κ3) is 4.12. The zero-order chi connectivity index (χ0) is 14.6. The molecule has 0 saturated heterocycles. The summed E-state index contributed by atoms with van der Waals surface area (Å²) in [7, 11) is 0. The van der Waals surface area contributed by atoms with E-state index in [9.17, 15) is 0 Å². The number of aromatic nitrogens is 1. The average molecular weight is 272 g/mol. The van der Waals surface area contributed by atoms with E-state index < -0.39 is 0 Å². The molecule has 0 saturated carbocycles. The molecule has 108 valence electrons. The predicted octanol–water partition coefficient (Wildman–Crippen LogP) is 4.41. The number of anilines is 1. The zero-order valence-corrected chi connectivity index (χ0v) is 12.8. The molecule has 1 unspecified atom stereocenters. The lowest BCUT2D eigenvalue weighted by atomic mass is 9.88. The van der Waals surface area contributed by atoms with Crippen molar-refractivity contribution in [2.75, 3.05) is 5.32 Å². The van der Waals surface area contributed by atoms with Crippen LogP contribution in [0.1, 0.15) is 45.4 Å². The van der Waals surface area contributed by atoms with Gasteiger partial charge in [0.1, 0.15) is 11.6 Å². The number of hydrogen-bond acceptors (Lipinski definition) is 3. The normalized spacial score (nSPS) is 13.2. The Kier molecular flexibility index (Phi) is 4.48. The first-order chi connectivity index (χ1) is 9.45. The molecular weight excluding hydrogens is 248 g/mol. The highest BCUT2D eigenvalue weighted by atomic mass is 16.3. The molecule has 0 aromatic carbocycles. The summed E-state index contributed by atoms with van der Waals surface area (Å²) < 4.78 is 5.34. The van der Waals surface area contributed by atoms with Gasteiger partial charge in [0.2, 0.25) is 0 Å². The van der Waals surface area contributed by atoms with Gasteiger partial charge < -0.3 is 9.73 Å². The fraction of sp³-hybridized carbons (Fsp3) is 0.471. The molecule has 2 heterocycles. The van der Waals surface area contributed by atoms with Gasteiger partial charge >= 0.3 is 0 Å². The Morgan fingerprint density at radius 1 is 1.25 bits per heavy atom. The standard InChI is InChI=1S/C17H24N2O/c1-13(7-9-15-6-5-11-20-15)19-16-10-8-14(12-18-16)17(2,3)4/h5-6,8,10-13H,7,9H2,1-4H3,(H,18,19). The molecule has 3 heteroatoms. The Bertz CT molecular complexity index is 509. The molecule has 0 aliphatic rings. The largest absolute Gasteiger partial charge is 0.469 e. The lowest BCUT2D eigenvalue weighted by molar-refractivity contribution is 0.495. The van der Waals surface area contributed by atoms with Crippen LogP contribution in [-0.2, 0) is 11.8 Å². The van der Waals surface area contributed by atoms with Crippen LogP contribution >= 0.6 is 0 Å². The van der Waals surface area contributed by atoms with Crippen molar-refractivity contribution in [3.05, 3.63) is 48.0 Å². The second-order valence-corrected chi connectivity index (χ2v) is 6.35. The summed E-state index contributed by atoms with van der Waals surface area (Å²) in [6, 6.07) is 8.52. The molecule has 1 N–H and O–H groups in total. The van der Waals surface area contributed by atoms with Gasteiger partial charge in [-0.05, 0) is 42.5 Å². The van der Waals surface area contributed by atoms with Crippen LogP contribution in [0.4, 0.5) is 5.82 Å². The Morgan fingerprint density at radius 3 is 2.60 bits per heavy atom. The van der Waals surface area contributed by atoms with E-state index in [-0.39, 0.29) is 5.41 Å². The van der Waals surface area contributed by atoms with Crippen molar-refractivity contribution in [3.63, 3.8) is 0 Å². The molecule has 0 aliphatic carbocycles. The minimum atomic E-state index is 0.149. The van der Waals surface area contributed by atoms with Crippen molar-refractivity contribution in [1.82, 2.24) is 4.98 Å². The topological polar surface area (TPSA) is 38.1 Å². The smallest absolute Gasteiger partial charge is 0.126 e. The number of aryl methyl sites for hydroxylation is 1. The van der Waals surface area contributed by atoms with Crippen LogP contribution in [0.25, 0.3) is 0 Å². The third-order valence-electron chi connectivity index (χ3n) is 3.43. The fourth-order valence-corrected chi connectivity index (χ4v) is 2.06. The first kappa shape index (κ1) is 14.6. The summed E-state index contributed by atoms with van der Waals surface area (Å²) >= 11 is 0. The van der Waals surface area contributed by atoms with Crippen LogP contribution in [0.15, 0.2) is 41.1 Å². The lowest BCUT2D eigenvalue weighted by Gasteiger charge is -2.19. The number of rotatable bonds is 5. The summed E-state index contributed by atoms with van der Waals surface area (Å²) in [5.41, 5.74) is 1.41. The fourth-order valence-electron chi connectivity index (χ4n) is 2.06. The highest BCUT2D eigenvalue weighted by Crippen LogP contribution is 2.22. The maximum Gasteiger partial charge on any atom is 0.126 e. The molecule has 20 heavy (non-hydrogen) atoms. The Morgan fingerprint density at radius 2 is 2.05 bits per heavy atom. The Balaban J connectivity index is 1.86. The van der Waals surface area contributed by atoms with Gasteiger partial charge in [-0.3, -0.25) is 0 Å². The first-order valence-electron chi connectivity index (χ1n) is 7.20. The number of nitrogens with zero attached hydrogens (tertiary/aromatic N) is 1. The van der Waals surface area contributed by atoms with Crippen LogP contribution in [0.3, 0.4) is 0 Å². The van der Waals surface area contributed by atoms with Gasteiger partial charge in [-0.15, -0.1) is 0 Å². The van der Waals surface area contributed by atoms with Crippen LogP contribution in [-0.4, -0.2) is 11.0 Å². The van der Waals surface area contributed by atoms with Crippen molar-refractivity contribution in [2.45, 2.75) is 52.0 Å².